The van der Waals surface area contributed by atoms with Crippen molar-refractivity contribution in [3.05, 3.63) is 70.5 Å². The Labute approximate surface area is 127 Å². The van der Waals surface area contributed by atoms with Crippen molar-refractivity contribution in [2.24, 2.45) is 0 Å². The van der Waals surface area contributed by atoms with Crippen LogP contribution in [0, 0.1) is 0 Å². The Morgan fingerprint density at radius 2 is 1.82 bits per heavy atom. The van der Waals surface area contributed by atoms with Crippen LogP contribution in [-0.2, 0) is 25.7 Å². The molecule has 0 saturated carbocycles. The molecule has 0 radical (unpaired) electrons. The summed E-state index contributed by atoms with van der Waals surface area (Å²) in [6, 6.07) is 11.2. The maximum Gasteiger partial charge on any atom is 0.416 e. The van der Waals surface area contributed by atoms with E-state index in [1.165, 1.54) is 6.07 Å². The van der Waals surface area contributed by atoms with E-state index < -0.39 is 11.7 Å². The summed E-state index contributed by atoms with van der Waals surface area (Å²) in [4.78, 5) is 2.02. The van der Waals surface area contributed by atoms with E-state index in [2.05, 4.69) is 0 Å². The number of benzene rings is 2. The summed E-state index contributed by atoms with van der Waals surface area (Å²) in [6.07, 6.45) is -3.54. The molecule has 0 fully saturated rings. The Hall–Kier alpha value is -2.01. The molecule has 1 aliphatic rings. The van der Waals surface area contributed by atoms with E-state index in [4.69, 9.17) is 5.73 Å². The average molecular weight is 305 g/mol. The molecule has 2 nitrogen and oxygen atoms in total. The summed E-state index contributed by atoms with van der Waals surface area (Å²) in [7, 11) is 0. The number of hydrogen-bond donors (Lipinski definition) is 0. The Balaban J connectivity index is 1.80. The molecule has 1 heterocycles. The molecular formula is C17H16F3N2-. The Bertz CT molecular complexity index is 680. The van der Waals surface area contributed by atoms with Crippen LogP contribution in [0.15, 0.2) is 42.5 Å². The molecule has 0 saturated heterocycles. The molecule has 22 heavy (non-hydrogen) atoms. The maximum atomic E-state index is 13.0. The Morgan fingerprint density at radius 3 is 2.59 bits per heavy atom. The molecule has 0 unspecified atom stereocenters. The monoisotopic (exact) mass is 305 g/mol. The van der Waals surface area contributed by atoms with E-state index in [9.17, 15) is 13.2 Å². The lowest BCUT2D eigenvalue weighted by Crippen LogP contribution is -2.30. The zero-order chi connectivity index (χ0) is 15.7. The summed E-state index contributed by atoms with van der Waals surface area (Å²) < 4.78 is 39.1. The predicted octanol–water partition coefficient (Wildman–Crippen LogP) is 4.95. The molecule has 0 bridgehead atoms. The smallest absolute Gasteiger partial charge is 0.416 e. The summed E-state index contributed by atoms with van der Waals surface area (Å²) in [5.74, 6) is 0. The van der Waals surface area contributed by atoms with Crippen molar-refractivity contribution in [2.45, 2.75) is 25.7 Å². The SMILES string of the molecule is [NH-]c1ccc2c(c1)CCN(Cc1ccccc1C(F)(F)F)C2. The third-order valence-electron chi connectivity index (χ3n) is 4.01. The van der Waals surface area contributed by atoms with Gasteiger partial charge >= 0.3 is 6.18 Å². The quantitative estimate of drug-likeness (QED) is 0.771. The number of nitrogens with one attached hydrogen (secondary N) is 1. The zero-order valence-electron chi connectivity index (χ0n) is 12.0. The molecule has 2 aromatic rings. The van der Waals surface area contributed by atoms with Gasteiger partial charge in [0.05, 0.1) is 5.56 Å². The van der Waals surface area contributed by atoms with Crippen LogP contribution in [0.2, 0.25) is 0 Å². The van der Waals surface area contributed by atoms with Crippen molar-refractivity contribution in [1.82, 2.24) is 4.90 Å². The minimum Gasteiger partial charge on any atom is -0.699 e. The van der Waals surface area contributed by atoms with Crippen molar-refractivity contribution in [3.8, 4) is 0 Å². The van der Waals surface area contributed by atoms with Gasteiger partial charge in [0.25, 0.3) is 0 Å². The summed E-state index contributed by atoms with van der Waals surface area (Å²) in [5, 5.41) is 0. The lowest BCUT2D eigenvalue weighted by Gasteiger charge is -2.30. The van der Waals surface area contributed by atoms with Crippen molar-refractivity contribution in [3.63, 3.8) is 0 Å². The molecule has 1 aliphatic heterocycles. The van der Waals surface area contributed by atoms with Gasteiger partial charge in [-0.1, -0.05) is 36.4 Å². The second kappa shape index (κ2) is 5.65. The number of rotatable bonds is 2. The molecule has 0 aliphatic carbocycles. The molecule has 0 amide bonds. The standard InChI is InChI=1S/C17H16F3N2/c18-17(19,20)16-4-2-1-3-14(16)11-22-8-7-12-9-15(21)6-5-13(12)10-22/h1-6,9,21H,7-8,10-11H2/q-1. The highest BCUT2D eigenvalue weighted by molar-refractivity contribution is 5.48. The Morgan fingerprint density at radius 1 is 1.05 bits per heavy atom. The van der Waals surface area contributed by atoms with Crippen LogP contribution in [-0.4, -0.2) is 11.4 Å². The van der Waals surface area contributed by atoms with Crippen LogP contribution in [0.5, 0.6) is 0 Å². The fraction of sp³-hybridized carbons (Fsp3) is 0.294. The zero-order valence-corrected chi connectivity index (χ0v) is 12.0. The minimum atomic E-state index is -4.32. The Kier molecular flexibility index (Phi) is 3.83. The fourth-order valence-corrected chi connectivity index (χ4v) is 2.92. The summed E-state index contributed by atoms with van der Waals surface area (Å²) in [6.45, 7) is 1.63. The van der Waals surface area contributed by atoms with Gasteiger partial charge in [-0.05, 0) is 29.2 Å². The lowest BCUT2D eigenvalue weighted by molar-refractivity contribution is -0.138. The first-order chi connectivity index (χ1) is 10.4. The minimum absolute atomic E-state index is 0.289. The number of halogens is 3. The molecule has 2 aromatic carbocycles. The largest absolute Gasteiger partial charge is 0.699 e. The van der Waals surface area contributed by atoms with Crippen LogP contribution in [0.3, 0.4) is 0 Å². The molecule has 0 atom stereocenters. The van der Waals surface area contributed by atoms with Gasteiger partial charge in [0.15, 0.2) is 0 Å². The first-order valence-corrected chi connectivity index (χ1v) is 7.14. The summed E-state index contributed by atoms with van der Waals surface area (Å²) >= 11 is 0. The first-order valence-electron chi connectivity index (χ1n) is 7.14. The molecule has 0 aromatic heterocycles. The first kappa shape index (κ1) is 14.9. The predicted molar refractivity (Wildman–Crippen MR) is 79.7 cm³/mol. The van der Waals surface area contributed by atoms with Gasteiger partial charge in [-0.2, -0.15) is 13.2 Å². The van der Waals surface area contributed by atoms with Gasteiger partial charge in [-0.25, -0.2) is 0 Å². The normalized spacial score (nSPS) is 15.6. The van der Waals surface area contributed by atoms with Crippen molar-refractivity contribution in [1.29, 1.82) is 0 Å². The number of hydrogen-bond acceptors (Lipinski definition) is 1. The lowest BCUT2D eigenvalue weighted by atomic mass is 9.98. The van der Waals surface area contributed by atoms with Crippen LogP contribution in [0.25, 0.3) is 5.73 Å². The highest BCUT2D eigenvalue weighted by atomic mass is 19.4. The van der Waals surface area contributed by atoms with E-state index in [0.29, 0.717) is 24.3 Å². The second-order valence-corrected chi connectivity index (χ2v) is 5.60. The summed E-state index contributed by atoms with van der Waals surface area (Å²) in [5.41, 5.74) is 10.1. The van der Waals surface area contributed by atoms with E-state index in [1.807, 2.05) is 17.0 Å². The highest BCUT2D eigenvalue weighted by Crippen LogP contribution is 2.33. The second-order valence-electron chi connectivity index (χ2n) is 5.60. The topological polar surface area (TPSA) is 27.0 Å². The average Bonchev–Trinajstić information content (AvgIpc) is 2.47. The van der Waals surface area contributed by atoms with Crippen LogP contribution >= 0.6 is 0 Å². The van der Waals surface area contributed by atoms with Gasteiger partial charge in [0.2, 0.25) is 0 Å². The maximum absolute atomic E-state index is 13.0. The molecule has 3 rings (SSSR count). The molecule has 5 heteroatoms. The van der Waals surface area contributed by atoms with Gasteiger partial charge in [0.1, 0.15) is 0 Å². The number of nitrogens with zero attached hydrogens (tertiary/aromatic N) is 1. The van der Waals surface area contributed by atoms with Crippen molar-refractivity contribution >= 4 is 5.69 Å². The van der Waals surface area contributed by atoms with Gasteiger partial charge in [0, 0.05) is 19.6 Å². The van der Waals surface area contributed by atoms with Crippen LogP contribution < -0.4 is 0 Å². The third kappa shape index (κ3) is 3.09. The number of fused-ring (bicyclic) bond motifs is 1. The van der Waals surface area contributed by atoms with Crippen LogP contribution in [0.4, 0.5) is 18.9 Å². The van der Waals surface area contributed by atoms with Gasteiger partial charge < -0.3 is 5.73 Å². The van der Waals surface area contributed by atoms with Crippen molar-refractivity contribution < 1.29 is 13.2 Å². The third-order valence-corrected chi connectivity index (χ3v) is 4.01. The van der Waals surface area contributed by atoms with Gasteiger partial charge in [-0.15, -0.1) is 5.69 Å². The number of alkyl halides is 3. The van der Waals surface area contributed by atoms with E-state index in [0.717, 1.165) is 23.6 Å². The highest BCUT2D eigenvalue weighted by Gasteiger charge is 2.33. The molecule has 1 N–H and O–H groups in total. The molecular weight excluding hydrogens is 289 g/mol. The fourth-order valence-electron chi connectivity index (χ4n) is 2.92. The van der Waals surface area contributed by atoms with Crippen LogP contribution in [0.1, 0.15) is 22.3 Å². The van der Waals surface area contributed by atoms with E-state index >= 15 is 0 Å². The van der Waals surface area contributed by atoms with E-state index in [1.54, 1.807) is 18.2 Å². The molecule has 116 valence electrons. The van der Waals surface area contributed by atoms with Gasteiger partial charge in [-0.3, -0.25) is 4.90 Å². The molecule has 0 spiro atoms. The van der Waals surface area contributed by atoms with Crippen molar-refractivity contribution in [2.75, 3.05) is 6.54 Å². The van der Waals surface area contributed by atoms with E-state index in [-0.39, 0.29) is 6.54 Å².